The number of rotatable bonds is 1. The first-order valence-electron chi connectivity index (χ1n) is 4.85. The fourth-order valence-electron chi connectivity index (χ4n) is 1.05. The van der Waals surface area contributed by atoms with Crippen LogP contribution in [0.1, 0.15) is 0 Å². The summed E-state index contributed by atoms with van der Waals surface area (Å²) >= 11 is 0. The fraction of sp³-hybridized carbons (Fsp3) is 0.100. The van der Waals surface area contributed by atoms with Crippen LogP contribution in [-0.2, 0) is 10.1 Å². The molecule has 0 aliphatic rings. The van der Waals surface area contributed by atoms with Crippen molar-refractivity contribution >= 4 is 10.1 Å². The van der Waals surface area contributed by atoms with Crippen LogP contribution in [0, 0.1) is 0 Å². The maximum Gasteiger partial charge on any atom is 0.522 e. The van der Waals surface area contributed by atoms with Crippen molar-refractivity contribution in [3.63, 3.8) is 0 Å². The molecule has 0 radical (unpaired) electrons. The van der Waals surface area contributed by atoms with Crippen molar-refractivity contribution in [1.82, 2.24) is 4.98 Å². The molecule has 1 aromatic carbocycles. The van der Waals surface area contributed by atoms with E-state index in [4.69, 9.17) is 13.0 Å². The van der Waals surface area contributed by atoms with Crippen LogP contribution in [0.15, 0.2) is 49.1 Å². The van der Waals surface area contributed by atoms with Gasteiger partial charge in [-0.05, 0) is 12.1 Å². The molecule has 19 heavy (non-hydrogen) atoms. The van der Waals surface area contributed by atoms with Crippen LogP contribution in [-0.4, -0.2) is 23.5 Å². The van der Waals surface area contributed by atoms with Crippen LogP contribution >= 0.6 is 0 Å². The molecule has 0 fully saturated rings. The van der Waals surface area contributed by atoms with E-state index in [2.05, 4.69) is 17.1 Å². The summed E-state index contributed by atoms with van der Waals surface area (Å²) in [5, 5.41) is 0. The lowest BCUT2D eigenvalue weighted by atomic mass is 10.3. The van der Waals surface area contributed by atoms with Gasteiger partial charge in [0.15, 0.2) is 0 Å². The second-order valence-electron chi connectivity index (χ2n) is 3.28. The quantitative estimate of drug-likeness (QED) is 0.477. The van der Waals surface area contributed by atoms with Gasteiger partial charge in [-0.15, -0.1) is 0 Å². The minimum absolute atomic E-state index is 1.17. The number of halogens is 3. The first kappa shape index (κ1) is 15.2. The fourth-order valence-corrected chi connectivity index (χ4v) is 1.05. The van der Waals surface area contributed by atoms with Gasteiger partial charge in [-0.2, -0.15) is 21.6 Å². The molecule has 0 spiro atoms. The number of alkyl halides is 3. The van der Waals surface area contributed by atoms with Crippen LogP contribution in [0.4, 0.5) is 13.2 Å². The summed E-state index contributed by atoms with van der Waals surface area (Å²) in [6.07, 6.45) is 5.79. The summed E-state index contributed by atoms with van der Waals surface area (Å²) in [6, 6.07) is 10.2. The molecule has 104 valence electrons. The van der Waals surface area contributed by atoms with Crippen molar-refractivity contribution in [2.75, 3.05) is 0 Å². The lowest BCUT2D eigenvalue weighted by Gasteiger charge is -1.97. The van der Waals surface area contributed by atoms with E-state index in [1.807, 2.05) is 41.5 Å². The zero-order valence-corrected chi connectivity index (χ0v) is 10.2. The summed E-state index contributed by atoms with van der Waals surface area (Å²) < 4.78 is 59.6. The molecule has 0 saturated carbocycles. The molecular weight excluding hydrogens is 285 g/mol. The molecule has 2 rings (SSSR count). The minimum atomic E-state index is -5.84. The van der Waals surface area contributed by atoms with Crippen molar-refractivity contribution in [3.05, 3.63) is 49.1 Å². The molecule has 2 aromatic rings. The molecule has 0 unspecified atom stereocenters. The van der Waals surface area contributed by atoms with Crippen LogP contribution in [0.2, 0.25) is 0 Å². The van der Waals surface area contributed by atoms with Gasteiger partial charge in [-0.1, -0.05) is 18.2 Å². The Morgan fingerprint density at radius 1 is 1.16 bits per heavy atom. The highest BCUT2D eigenvalue weighted by Crippen LogP contribution is 2.20. The third-order valence-electron chi connectivity index (χ3n) is 1.89. The average molecular weight is 295 g/mol. The lowest BCUT2D eigenvalue weighted by Crippen LogP contribution is -2.26. The molecule has 1 aromatic heterocycles. The third kappa shape index (κ3) is 4.72. The molecule has 9 heteroatoms. The topological polar surface area (TPSA) is 74.0 Å². The van der Waals surface area contributed by atoms with Crippen molar-refractivity contribution in [2.24, 2.45) is 0 Å². The molecule has 5 nitrogen and oxygen atoms in total. The number of H-pyrrole nitrogens is 1. The van der Waals surface area contributed by atoms with Crippen molar-refractivity contribution in [2.45, 2.75) is 5.51 Å². The summed E-state index contributed by atoms with van der Waals surface area (Å²) in [4.78, 5) is 2.99. The second-order valence-corrected chi connectivity index (χ2v) is 4.69. The Bertz CT molecular complexity index is 595. The van der Waals surface area contributed by atoms with Crippen LogP contribution in [0.5, 0.6) is 0 Å². The zero-order valence-electron chi connectivity index (χ0n) is 9.37. The van der Waals surface area contributed by atoms with Gasteiger partial charge in [0, 0.05) is 0 Å². The van der Waals surface area contributed by atoms with Gasteiger partial charge in [0.25, 0.3) is 0 Å². The van der Waals surface area contributed by atoms with Gasteiger partial charge in [0.2, 0.25) is 6.33 Å². The minimum Gasteiger partial charge on any atom is -0.279 e. The molecule has 0 saturated heterocycles. The van der Waals surface area contributed by atoms with Gasteiger partial charge in [0.1, 0.15) is 18.1 Å². The van der Waals surface area contributed by atoms with E-state index < -0.39 is 15.6 Å². The normalized spacial score (nSPS) is 11.6. The number of imidazole rings is 1. The Hall–Kier alpha value is -1.87. The number of hydrogen-bond acceptors (Lipinski definition) is 2. The number of para-hydroxylation sites is 1. The van der Waals surface area contributed by atoms with E-state index >= 15 is 0 Å². The maximum absolute atomic E-state index is 10.7. The average Bonchev–Trinajstić information content (AvgIpc) is 2.81. The SMILES string of the molecule is O=S(=O)(O)C(F)(F)F.c1ccc(-[n+]2cc[nH]c2)cc1. The van der Waals surface area contributed by atoms with Crippen LogP contribution in [0.3, 0.4) is 0 Å². The lowest BCUT2D eigenvalue weighted by molar-refractivity contribution is -0.594. The highest BCUT2D eigenvalue weighted by atomic mass is 32.2. The van der Waals surface area contributed by atoms with Gasteiger partial charge in [-0.3, -0.25) is 4.55 Å². The molecule has 0 aliphatic carbocycles. The Kier molecular flexibility index (Phi) is 4.67. The number of aromatic amines is 1. The Balaban J connectivity index is 0.000000203. The standard InChI is InChI=1S/C9H8N2.CHF3O3S/c1-2-4-9(5-3-1)11-7-6-10-8-11;2-1(3,4)8(5,6)7/h1-8H;(H,5,6,7)/p+1. The van der Waals surface area contributed by atoms with Gasteiger partial charge < -0.3 is 0 Å². The summed E-state index contributed by atoms with van der Waals surface area (Å²) in [5.41, 5.74) is -4.36. The molecule has 1 heterocycles. The van der Waals surface area contributed by atoms with Gasteiger partial charge in [0.05, 0.1) is 0 Å². The molecule has 0 atom stereocenters. The van der Waals surface area contributed by atoms with Crippen molar-refractivity contribution in [1.29, 1.82) is 0 Å². The smallest absolute Gasteiger partial charge is 0.279 e. The maximum atomic E-state index is 10.7. The second kappa shape index (κ2) is 5.85. The zero-order chi connectivity index (χ0) is 14.5. The van der Waals surface area contributed by atoms with E-state index in [1.54, 1.807) is 0 Å². The molecule has 0 bridgehead atoms. The van der Waals surface area contributed by atoms with E-state index in [-0.39, 0.29) is 0 Å². The predicted octanol–water partition coefficient (Wildman–Crippen LogP) is 1.69. The summed E-state index contributed by atoms with van der Waals surface area (Å²) in [7, 11) is -5.84. The third-order valence-corrected chi connectivity index (χ3v) is 2.48. The number of nitrogens with zero attached hydrogens (tertiary/aromatic N) is 1. The molecule has 2 N–H and O–H groups in total. The number of hydrogen-bond donors (Lipinski definition) is 2. The summed E-state index contributed by atoms with van der Waals surface area (Å²) in [6.45, 7) is 0. The van der Waals surface area contributed by atoms with Crippen LogP contribution < -0.4 is 4.57 Å². The van der Waals surface area contributed by atoms with E-state index in [0.29, 0.717) is 0 Å². The molecule has 0 amide bonds. The van der Waals surface area contributed by atoms with Crippen molar-refractivity contribution < 1.29 is 30.7 Å². The highest BCUT2D eigenvalue weighted by Gasteiger charge is 2.44. The van der Waals surface area contributed by atoms with E-state index in [0.717, 1.165) is 0 Å². The largest absolute Gasteiger partial charge is 0.522 e. The number of aromatic nitrogens is 2. The Morgan fingerprint density at radius 2 is 1.68 bits per heavy atom. The monoisotopic (exact) mass is 295 g/mol. The first-order chi connectivity index (χ1) is 8.72. The first-order valence-corrected chi connectivity index (χ1v) is 6.29. The van der Waals surface area contributed by atoms with Crippen molar-refractivity contribution in [3.8, 4) is 5.69 Å². The molecule has 0 aliphatic heterocycles. The molecular formula is C10H10F3N2O3S+. The Labute approximate surface area is 107 Å². The Morgan fingerprint density at radius 3 is 2.05 bits per heavy atom. The van der Waals surface area contributed by atoms with Gasteiger partial charge >= 0.3 is 15.6 Å². The van der Waals surface area contributed by atoms with E-state index in [9.17, 15) is 13.2 Å². The number of nitrogens with one attached hydrogen (secondary N) is 1. The van der Waals surface area contributed by atoms with E-state index in [1.165, 1.54) is 5.69 Å². The predicted molar refractivity (Wildman–Crippen MR) is 59.9 cm³/mol. The van der Waals surface area contributed by atoms with Crippen LogP contribution in [0.25, 0.3) is 5.69 Å². The number of benzene rings is 1. The summed E-state index contributed by atoms with van der Waals surface area (Å²) in [5.74, 6) is 0. The highest BCUT2D eigenvalue weighted by molar-refractivity contribution is 7.86. The van der Waals surface area contributed by atoms with Gasteiger partial charge in [-0.25, -0.2) is 9.55 Å².